The molecule has 1 unspecified atom stereocenters. The van der Waals surface area contributed by atoms with E-state index in [-0.39, 0.29) is 0 Å². The van der Waals surface area contributed by atoms with Gasteiger partial charge in [0.05, 0.1) is 0 Å². The lowest BCUT2D eigenvalue weighted by Gasteiger charge is -2.26. The molecule has 1 atom stereocenters. The van der Waals surface area contributed by atoms with Crippen LogP contribution in [0.2, 0.25) is 5.02 Å². The van der Waals surface area contributed by atoms with E-state index in [4.69, 9.17) is 11.6 Å². The molecule has 1 aliphatic carbocycles. The van der Waals surface area contributed by atoms with E-state index >= 15 is 0 Å². The molecule has 2 rings (SSSR count). The van der Waals surface area contributed by atoms with Crippen LogP contribution >= 0.6 is 11.6 Å². The zero-order chi connectivity index (χ0) is 12.1. The van der Waals surface area contributed by atoms with Gasteiger partial charge in [-0.05, 0) is 43.9 Å². The van der Waals surface area contributed by atoms with Gasteiger partial charge in [-0.2, -0.15) is 0 Å². The van der Waals surface area contributed by atoms with Gasteiger partial charge in [0.25, 0.3) is 0 Å². The van der Waals surface area contributed by atoms with Crippen LogP contribution in [-0.4, -0.2) is 12.1 Å². The summed E-state index contributed by atoms with van der Waals surface area (Å²) in [6, 6.07) is 9.50. The third-order valence-corrected chi connectivity index (χ3v) is 3.83. The lowest BCUT2D eigenvalue weighted by atomic mass is 9.94. The predicted molar refractivity (Wildman–Crippen MR) is 74.6 cm³/mol. The molecule has 0 spiro atoms. The highest BCUT2D eigenvalue weighted by atomic mass is 35.5. The van der Waals surface area contributed by atoms with Crippen molar-refractivity contribution in [1.29, 1.82) is 0 Å². The molecule has 1 aromatic carbocycles. The van der Waals surface area contributed by atoms with Gasteiger partial charge in [-0.15, -0.1) is 0 Å². The van der Waals surface area contributed by atoms with E-state index in [1.165, 1.54) is 37.7 Å². The molecule has 0 amide bonds. The maximum Gasteiger partial charge on any atom is 0.0406 e. The summed E-state index contributed by atoms with van der Waals surface area (Å²) in [6.45, 7) is 2.28. The van der Waals surface area contributed by atoms with E-state index in [1.54, 1.807) is 0 Å². The first-order chi connectivity index (χ1) is 8.24. The summed E-state index contributed by atoms with van der Waals surface area (Å²) in [6.07, 6.45) is 8.00. The Morgan fingerprint density at radius 3 is 2.47 bits per heavy atom. The standard InChI is InChI=1S/C15H22ClN/c1-12(17-15-5-3-2-4-6-15)11-13-7-9-14(16)10-8-13/h7-10,12,15,17H,2-6,11H2,1H3. The van der Waals surface area contributed by atoms with Gasteiger partial charge in [0, 0.05) is 17.1 Å². The SMILES string of the molecule is CC(Cc1ccc(Cl)cc1)NC1CCCCC1. The summed E-state index contributed by atoms with van der Waals surface area (Å²) >= 11 is 5.89. The summed E-state index contributed by atoms with van der Waals surface area (Å²) < 4.78 is 0. The Balaban J connectivity index is 1.79. The summed E-state index contributed by atoms with van der Waals surface area (Å²) in [5.41, 5.74) is 1.37. The van der Waals surface area contributed by atoms with Gasteiger partial charge in [0.2, 0.25) is 0 Å². The number of hydrogen-bond acceptors (Lipinski definition) is 1. The second-order valence-electron chi connectivity index (χ2n) is 5.23. The van der Waals surface area contributed by atoms with E-state index in [0.717, 1.165) is 17.5 Å². The Morgan fingerprint density at radius 2 is 1.82 bits per heavy atom. The van der Waals surface area contributed by atoms with E-state index in [0.29, 0.717) is 6.04 Å². The van der Waals surface area contributed by atoms with Crippen molar-refractivity contribution >= 4 is 11.6 Å². The van der Waals surface area contributed by atoms with Crippen LogP contribution in [-0.2, 0) is 6.42 Å². The molecule has 0 aromatic heterocycles. The summed E-state index contributed by atoms with van der Waals surface area (Å²) in [7, 11) is 0. The molecule has 1 fully saturated rings. The van der Waals surface area contributed by atoms with E-state index in [1.807, 2.05) is 12.1 Å². The topological polar surface area (TPSA) is 12.0 Å². The minimum Gasteiger partial charge on any atom is -0.311 e. The average Bonchev–Trinajstić information content (AvgIpc) is 2.33. The van der Waals surface area contributed by atoms with Crippen molar-refractivity contribution in [1.82, 2.24) is 5.32 Å². The molecule has 94 valence electrons. The monoisotopic (exact) mass is 251 g/mol. The zero-order valence-electron chi connectivity index (χ0n) is 10.6. The summed E-state index contributed by atoms with van der Waals surface area (Å²) in [5.74, 6) is 0. The Morgan fingerprint density at radius 1 is 1.18 bits per heavy atom. The molecular weight excluding hydrogens is 230 g/mol. The molecule has 17 heavy (non-hydrogen) atoms. The second-order valence-corrected chi connectivity index (χ2v) is 5.67. The largest absolute Gasteiger partial charge is 0.311 e. The van der Waals surface area contributed by atoms with E-state index in [2.05, 4.69) is 24.4 Å². The Kier molecular flexibility index (Phi) is 4.87. The second kappa shape index (κ2) is 6.42. The van der Waals surface area contributed by atoms with Crippen molar-refractivity contribution in [3.8, 4) is 0 Å². The first-order valence-electron chi connectivity index (χ1n) is 6.74. The molecule has 1 saturated carbocycles. The Labute approximate surface area is 110 Å². The minimum atomic E-state index is 0.555. The van der Waals surface area contributed by atoms with Crippen LogP contribution in [0, 0.1) is 0 Å². The number of hydrogen-bond donors (Lipinski definition) is 1. The van der Waals surface area contributed by atoms with E-state index in [9.17, 15) is 0 Å². The molecule has 0 heterocycles. The molecule has 1 nitrogen and oxygen atoms in total. The number of benzene rings is 1. The summed E-state index contributed by atoms with van der Waals surface area (Å²) in [4.78, 5) is 0. The fourth-order valence-electron chi connectivity index (χ4n) is 2.70. The van der Waals surface area contributed by atoms with Crippen LogP contribution in [0.4, 0.5) is 0 Å². The van der Waals surface area contributed by atoms with Gasteiger partial charge < -0.3 is 5.32 Å². The van der Waals surface area contributed by atoms with Gasteiger partial charge in [0.15, 0.2) is 0 Å². The number of nitrogens with one attached hydrogen (secondary N) is 1. The highest BCUT2D eigenvalue weighted by Crippen LogP contribution is 2.18. The molecule has 0 bridgehead atoms. The third-order valence-electron chi connectivity index (χ3n) is 3.58. The smallest absolute Gasteiger partial charge is 0.0406 e. The van der Waals surface area contributed by atoms with Crippen LogP contribution in [0.15, 0.2) is 24.3 Å². The Hall–Kier alpha value is -0.530. The zero-order valence-corrected chi connectivity index (χ0v) is 11.3. The fourth-order valence-corrected chi connectivity index (χ4v) is 2.83. The lowest BCUT2D eigenvalue weighted by Crippen LogP contribution is -2.38. The van der Waals surface area contributed by atoms with Crippen LogP contribution in [0.3, 0.4) is 0 Å². The molecule has 0 aliphatic heterocycles. The Bertz CT molecular complexity index is 327. The number of halogens is 1. The molecule has 0 radical (unpaired) electrons. The molecule has 1 aromatic rings. The highest BCUT2D eigenvalue weighted by Gasteiger charge is 2.15. The van der Waals surface area contributed by atoms with Gasteiger partial charge in [-0.3, -0.25) is 0 Å². The normalized spacial score (nSPS) is 19.2. The van der Waals surface area contributed by atoms with Gasteiger partial charge >= 0.3 is 0 Å². The van der Waals surface area contributed by atoms with Crippen LogP contribution < -0.4 is 5.32 Å². The molecular formula is C15H22ClN. The quantitative estimate of drug-likeness (QED) is 0.846. The molecule has 0 saturated heterocycles. The molecule has 1 N–H and O–H groups in total. The van der Waals surface area contributed by atoms with Crippen LogP contribution in [0.5, 0.6) is 0 Å². The highest BCUT2D eigenvalue weighted by molar-refractivity contribution is 6.30. The van der Waals surface area contributed by atoms with Gasteiger partial charge in [-0.1, -0.05) is 43.0 Å². The van der Waals surface area contributed by atoms with E-state index < -0.39 is 0 Å². The maximum absolute atomic E-state index is 5.89. The number of rotatable bonds is 4. The third kappa shape index (κ3) is 4.33. The van der Waals surface area contributed by atoms with Crippen molar-refractivity contribution in [2.45, 2.75) is 57.5 Å². The predicted octanol–water partition coefficient (Wildman–Crippen LogP) is 4.19. The molecule has 2 heteroatoms. The van der Waals surface area contributed by atoms with Gasteiger partial charge in [0.1, 0.15) is 0 Å². The van der Waals surface area contributed by atoms with Gasteiger partial charge in [-0.25, -0.2) is 0 Å². The van der Waals surface area contributed by atoms with Crippen molar-refractivity contribution in [3.63, 3.8) is 0 Å². The average molecular weight is 252 g/mol. The first kappa shape index (κ1) is 12.9. The van der Waals surface area contributed by atoms with Crippen molar-refractivity contribution < 1.29 is 0 Å². The molecule has 1 aliphatic rings. The first-order valence-corrected chi connectivity index (χ1v) is 7.12. The van der Waals surface area contributed by atoms with Crippen LogP contribution in [0.1, 0.15) is 44.6 Å². The van der Waals surface area contributed by atoms with Crippen molar-refractivity contribution in [2.75, 3.05) is 0 Å². The minimum absolute atomic E-state index is 0.555. The summed E-state index contributed by atoms with van der Waals surface area (Å²) in [5, 5.41) is 4.57. The lowest BCUT2D eigenvalue weighted by molar-refractivity contribution is 0.343. The van der Waals surface area contributed by atoms with Crippen molar-refractivity contribution in [3.05, 3.63) is 34.9 Å². The van der Waals surface area contributed by atoms with Crippen molar-refractivity contribution in [2.24, 2.45) is 0 Å². The maximum atomic E-state index is 5.89. The van der Waals surface area contributed by atoms with Crippen LogP contribution in [0.25, 0.3) is 0 Å². The fraction of sp³-hybridized carbons (Fsp3) is 0.600.